The number of pyridine rings is 1. The lowest BCUT2D eigenvalue weighted by Crippen LogP contribution is -2.04. The number of rotatable bonds is 3. The average molecular weight is 337 g/mol. The van der Waals surface area contributed by atoms with Crippen LogP contribution in [-0.4, -0.2) is 33.5 Å². The van der Waals surface area contributed by atoms with Gasteiger partial charge in [-0.2, -0.15) is 0 Å². The topological polar surface area (TPSA) is 78.2 Å². The predicted octanol–water partition coefficient (Wildman–Crippen LogP) is 2.74. The molecule has 124 valence electrons. The summed E-state index contributed by atoms with van der Waals surface area (Å²) in [6, 6.07) is 5.31. The molecule has 6 heteroatoms. The predicted molar refractivity (Wildman–Crippen MR) is 94.4 cm³/mol. The molecule has 0 aliphatic rings. The number of hydrogen-bond donors (Lipinski definition) is 3. The lowest BCUT2D eigenvalue weighted by Gasteiger charge is -2.08. The number of aromatic amines is 1. The van der Waals surface area contributed by atoms with Crippen LogP contribution in [0.5, 0.6) is 0 Å². The normalized spacial score (nSPS) is 10.9. The molecule has 5 nitrogen and oxygen atoms in total. The van der Waals surface area contributed by atoms with E-state index >= 15 is 0 Å². The first kappa shape index (κ1) is 17.5. The summed E-state index contributed by atoms with van der Waals surface area (Å²) in [6.07, 6.45) is 0.710. The van der Waals surface area contributed by atoms with Gasteiger partial charge < -0.3 is 19.8 Å². The Morgan fingerprint density at radius 3 is 2.57 bits per heavy atom. The number of nitrogens with zero attached hydrogens (tertiary/aromatic N) is 1. The summed E-state index contributed by atoms with van der Waals surface area (Å²) in [7, 11) is 1.00. The van der Waals surface area contributed by atoms with Gasteiger partial charge in [-0.15, -0.1) is 0 Å². The second-order valence-electron chi connectivity index (χ2n) is 5.30. The molecule has 3 rings (SSSR count). The van der Waals surface area contributed by atoms with Crippen LogP contribution in [0.1, 0.15) is 17.7 Å². The first-order chi connectivity index (χ1) is 11.0. The minimum absolute atomic E-state index is 0.166. The number of H-pyrrole nitrogens is 1. The Bertz CT molecular complexity index is 896. The summed E-state index contributed by atoms with van der Waals surface area (Å²) in [5.41, 5.74) is 3.96. The number of hydrogen-bond acceptors (Lipinski definition) is 3. The molecule has 1 aromatic carbocycles. The van der Waals surface area contributed by atoms with E-state index in [9.17, 15) is 4.79 Å². The van der Waals surface area contributed by atoms with Gasteiger partial charge >= 0.3 is 0 Å². The number of nitrogens with one attached hydrogen (secondary N) is 1. The van der Waals surface area contributed by atoms with Gasteiger partial charge in [0.25, 0.3) is 0 Å². The zero-order chi connectivity index (χ0) is 17.1. The molecule has 0 saturated heterocycles. The maximum Gasteiger partial charge on any atom is 0.249 e. The van der Waals surface area contributed by atoms with Crippen molar-refractivity contribution < 1.29 is 10.2 Å². The minimum atomic E-state index is -0.194. The van der Waals surface area contributed by atoms with Crippen molar-refractivity contribution in [2.24, 2.45) is 0 Å². The van der Waals surface area contributed by atoms with Crippen LogP contribution < -0.4 is 5.56 Å². The summed E-state index contributed by atoms with van der Waals surface area (Å²) in [5.74, 6) is 0. The van der Waals surface area contributed by atoms with Crippen molar-refractivity contribution >= 4 is 33.4 Å². The fraction of sp³-hybridized carbons (Fsp3) is 0.353. The van der Waals surface area contributed by atoms with Crippen molar-refractivity contribution in [1.29, 1.82) is 0 Å². The summed E-state index contributed by atoms with van der Waals surface area (Å²) >= 11 is 6.31. The van der Waals surface area contributed by atoms with E-state index in [-0.39, 0.29) is 12.2 Å². The summed E-state index contributed by atoms with van der Waals surface area (Å²) in [4.78, 5) is 14.4. The average Bonchev–Trinajstić information content (AvgIpc) is 2.78. The number of aliphatic hydroxyl groups is 2. The molecule has 0 fully saturated rings. The molecule has 2 heterocycles. The number of benzene rings is 1. The molecule has 3 N–H and O–H groups in total. The molecule has 0 radical (unpaired) electrons. The van der Waals surface area contributed by atoms with Gasteiger partial charge in [0.15, 0.2) is 0 Å². The van der Waals surface area contributed by atoms with E-state index in [1.807, 2.05) is 12.1 Å². The number of fused-ring (bicyclic) bond motifs is 3. The smallest absolute Gasteiger partial charge is 0.249 e. The molecule has 0 unspecified atom stereocenters. The van der Waals surface area contributed by atoms with Crippen molar-refractivity contribution in [3.63, 3.8) is 0 Å². The van der Waals surface area contributed by atoms with Gasteiger partial charge in [-0.3, -0.25) is 4.79 Å². The summed E-state index contributed by atoms with van der Waals surface area (Å²) in [5, 5.41) is 18.5. The molecule has 0 aliphatic heterocycles. The van der Waals surface area contributed by atoms with Gasteiger partial charge in [0.1, 0.15) is 0 Å². The molecule has 0 atom stereocenters. The highest BCUT2D eigenvalue weighted by atomic mass is 35.5. The van der Waals surface area contributed by atoms with E-state index in [0.29, 0.717) is 11.4 Å². The van der Waals surface area contributed by atoms with Gasteiger partial charge in [-0.25, -0.2) is 0 Å². The van der Waals surface area contributed by atoms with E-state index in [4.69, 9.17) is 21.8 Å². The summed E-state index contributed by atoms with van der Waals surface area (Å²) in [6.45, 7) is 5.06. The number of aliphatic hydroxyl groups excluding tert-OH is 2. The quantitative estimate of drug-likeness (QED) is 0.688. The van der Waals surface area contributed by atoms with Gasteiger partial charge in [0.2, 0.25) is 5.56 Å². The van der Waals surface area contributed by atoms with Crippen LogP contribution in [0.2, 0.25) is 5.02 Å². The van der Waals surface area contributed by atoms with E-state index in [1.165, 1.54) is 6.07 Å². The molecule has 0 bridgehead atoms. The highest BCUT2D eigenvalue weighted by Crippen LogP contribution is 2.34. The molecule has 0 saturated carbocycles. The minimum Gasteiger partial charge on any atom is -0.400 e. The van der Waals surface area contributed by atoms with Crippen LogP contribution in [0.15, 0.2) is 23.0 Å². The van der Waals surface area contributed by atoms with Gasteiger partial charge in [-0.05, 0) is 38.0 Å². The fourth-order valence-corrected chi connectivity index (χ4v) is 3.28. The maximum absolute atomic E-state index is 11.6. The largest absolute Gasteiger partial charge is 0.400 e. The van der Waals surface area contributed by atoms with Crippen molar-refractivity contribution in [3.8, 4) is 0 Å². The Kier molecular flexibility index (Phi) is 5.46. The molecule has 0 aliphatic carbocycles. The number of aryl methyl sites for hydroxylation is 2. The zero-order valence-corrected chi connectivity index (χ0v) is 14.2. The van der Waals surface area contributed by atoms with E-state index in [0.717, 1.165) is 46.7 Å². The van der Waals surface area contributed by atoms with Crippen LogP contribution in [0.25, 0.3) is 21.8 Å². The number of halogens is 1. The standard InChI is InChI=1S/C16H17ClN2O2.CH4O/c1-9-10(2)19(6-3-7-20)13-5-4-12-16(15(9)13)11(17)8-14(21)18-12;1-2/h4-5,8,20H,3,6-7H2,1-2H3,(H,18,21);2H,1H3. The lowest BCUT2D eigenvalue weighted by atomic mass is 10.1. The first-order valence-corrected chi connectivity index (χ1v) is 7.79. The van der Waals surface area contributed by atoms with Crippen LogP contribution >= 0.6 is 11.6 Å². The lowest BCUT2D eigenvalue weighted by molar-refractivity contribution is 0.280. The SMILES string of the molecule is CO.Cc1c(C)n(CCCO)c2ccc3[nH]c(=O)cc(Cl)c3c12. The maximum atomic E-state index is 11.6. The van der Waals surface area contributed by atoms with Gasteiger partial charge in [0, 0.05) is 48.3 Å². The Labute approximate surface area is 139 Å². The monoisotopic (exact) mass is 336 g/mol. The van der Waals surface area contributed by atoms with Gasteiger partial charge in [-0.1, -0.05) is 11.6 Å². The van der Waals surface area contributed by atoms with Crippen LogP contribution in [0.4, 0.5) is 0 Å². The Balaban J connectivity index is 0.000000924. The van der Waals surface area contributed by atoms with E-state index in [1.54, 1.807) is 0 Å². The zero-order valence-electron chi connectivity index (χ0n) is 13.5. The Morgan fingerprint density at radius 2 is 1.91 bits per heavy atom. The third-order valence-corrected chi connectivity index (χ3v) is 4.39. The molecule has 0 amide bonds. The van der Waals surface area contributed by atoms with Crippen LogP contribution in [-0.2, 0) is 6.54 Å². The van der Waals surface area contributed by atoms with Gasteiger partial charge in [0.05, 0.1) is 10.5 Å². The third-order valence-electron chi connectivity index (χ3n) is 4.09. The second-order valence-corrected chi connectivity index (χ2v) is 5.71. The number of aromatic nitrogens is 2. The van der Waals surface area contributed by atoms with Crippen molar-refractivity contribution in [2.75, 3.05) is 13.7 Å². The third kappa shape index (κ3) is 3.00. The van der Waals surface area contributed by atoms with Crippen LogP contribution in [0.3, 0.4) is 0 Å². The molecular weight excluding hydrogens is 316 g/mol. The first-order valence-electron chi connectivity index (χ1n) is 7.41. The molecular formula is C17H21ClN2O3. The molecule has 3 aromatic rings. The van der Waals surface area contributed by atoms with Crippen LogP contribution in [0, 0.1) is 13.8 Å². The van der Waals surface area contributed by atoms with Crippen molar-refractivity contribution in [3.05, 3.63) is 44.8 Å². The molecule has 2 aromatic heterocycles. The van der Waals surface area contributed by atoms with Crippen molar-refractivity contribution in [2.45, 2.75) is 26.8 Å². The highest BCUT2D eigenvalue weighted by molar-refractivity contribution is 6.37. The van der Waals surface area contributed by atoms with Crippen molar-refractivity contribution in [1.82, 2.24) is 9.55 Å². The second kappa shape index (κ2) is 7.17. The Morgan fingerprint density at radius 1 is 1.22 bits per heavy atom. The van der Waals surface area contributed by atoms with E-state index in [2.05, 4.69) is 23.4 Å². The summed E-state index contributed by atoms with van der Waals surface area (Å²) < 4.78 is 2.20. The highest BCUT2D eigenvalue weighted by Gasteiger charge is 2.15. The fourth-order valence-electron chi connectivity index (χ4n) is 2.99. The molecule has 23 heavy (non-hydrogen) atoms. The van der Waals surface area contributed by atoms with E-state index < -0.39 is 0 Å². The molecule has 0 spiro atoms. The Hall–Kier alpha value is -1.82.